The lowest BCUT2D eigenvalue weighted by Gasteiger charge is -2.36. The molecule has 0 spiro atoms. The molecule has 7 nitrogen and oxygen atoms in total. The van der Waals surface area contributed by atoms with Crippen LogP contribution >= 0.6 is 0 Å². The first-order chi connectivity index (χ1) is 12.6. The number of amides is 1. The van der Waals surface area contributed by atoms with Crippen LogP contribution in [-0.2, 0) is 6.54 Å². The highest BCUT2D eigenvalue weighted by atomic mass is 16.2. The topological polar surface area (TPSA) is 88.9 Å². The number of rotatable bonds is 3. The van der Waals surface area contributed by atoms with E-state index in [0.29, 0.717) is 17.2 Å². The Balaban J connectivity index is 1.50. The van der Waals surface area contributed by atoms with Crippen molar-refractivity contribution in [1.82, 2.24) is 24.8 Å². The zero-order chi connectivity index (χ0) is 18.1. The smallest absolute Gasteiger partial charge is 0.255 e. The van der Waals surface area contributed by atoms with Crippen LogP contribution in [0.25, 0.3) is 0 Å². The van der Waals surface area contributed by atoms with Gasteiger partial charge in [-0.05, 0) is 37.8 Å². The second-order valence-corrected chi connectivity index (χ2v) is 7.27. The summed E-state index contributed by atoms with van der Waals surface area (Å²) in [6.07, 6.45) is 5.46. The second-order valence-electron chi connectivity index (χ2n) is 7.27. The Hall–Kier alpha value is -2.72. The van der Waals surface area contributed by atoms with E-state index in [1.807, 2.05) is 17.9 Å². The first-order valence-electron chi connectivity index (χ1n) is 9.02. The molecule has 3 aliphatic heterocycles. The molecule has 0 unspecified atom stereocenters. The van der Waals surface area contributed by atoms with Crippen molar-refractivity contribution < 1.29 is 4.79 Å². The van der Waals surface area contributed by atoms with Crippen molar-refractivity contribution in [2.24, 2.45) is 5.92 Å². The number of nitrogens with zero attached hydrogens (tertiary/aromatic N) is 5. The molecule has 3 fully saturated rings. The number of hydrogen-bond acceptors (Lipinski definition) is 5. The van der Waals surface area contributed by atoms with Crippen LogP contribution in [0.4, 0.5) is 0 Å². The van der Waals surface area contributed by atoms with Crippen molar-refractivity contribution >= 4 is 5.91 Å². The largest absolute Gasteiger partial charge is 0.348 e. The van der Waals surface area contributed by atoms with Gasteiger partial charge in [-0.15, -0.1) is 0 Å². The number of aromatic nitrogens is 3. The van der Waals surface area contributed by atoms with Gasteiger partial charge in [0.15, 0.2) is 0 Å². The van der Waals surface area contributed by atoms with Crippen LogP contribution in [0.2, 0.25) is 0 Å². The summed E-state index contributed by atoms with van der Waals surface area (Å²) in [5.41, 5.74) is 3.09. The fraction of sp³-hybridized carbons (Fsp3) is 0.474. The molecule has 1 N–H and O–H groups in total. The van der Waals surface area contributed by atoms with E-state index >= 15 is 0 Å². The molecule has 5 rings (SSSR count). The van der Waals surface area contributed by atoms with Crippen LogP contribution in [0, 0.1) is 24.2 Å². The van der Waals surface area contributed by atoms with E-state index in [1.165, 1.54) is 6.20 Å². The minimum atomic E-state index is 0.0227. The van der Waals surface area contributed by atoms with Gasteiger partial charge in [-0.3, -0.25) is 9.69 Å². The van der Waals surface area contributed by atoms with E-state index in [9.17, 15) is 4.79 Å². The molecule has 2 atom stereocenters. The van der Waals surface area contributed by atoms with Crippen molar-refractivity contribution in [3.63, 3.8) is 0 Å². The van der Waals surface area contributed by atoms with Crippen molar-refractivity contribution in [2.75, 3.05) is 19.6 Å². The third-order valence-electron chi connectivity index (χ3n) is 5.48. The third kappa shape index (κ3) is 3.20. The quantitative estimate of drug-likeness (QED) is 0.910. The number of fused-ring (bicyclic) bond motifs is 4. The van der Waals surface area contributed by atoms with E-state index in [-0.39, 0.29) is 11.9 Å². The van der Waals surface area contributed by atoms with Crippen molar-refractivity contribution in [3.8, 4) is 6.07 Å². The van der Waals surface area contributed by atoms with Gasteiger partial charge in [0.05, 0.1) is 17.6 Å². The number of imidazole rings is 1. The molecule has 134 valence electrons. The molecule has 2 bridgehead atoms. The number of carbonyl (C=O) groups excluding carboxylic acids is 1. The summed E-state index contributed by atoms with van der Waals surface area (Å²) in [7, 11) is 0. The monoisotopic (exact) mass is 350 g/mol. The average molecular weight is 350 g/mol. The van der Waals surface area contributed by atoms with Crippen LogP contribution in [0.5, 0.6) is 0 Å². The van der Waals surface area contributed by atoms with Crippen LogP contribution in [0.1, 0.15) is 40.3 Å². The van der Waals surface area contributed by atoms with Crippen LogP contribution < -0.4 is 0 Å². The predicted octanol–water partition coefficient (Wildman–Crippen LogP) is 1.72. The fourth-order valence-electron chi connectivity index (χ4n) is 4.07. The minimum Gasteiger partial charge on any atom is -0.348 e. The van der Waals surface area contributed by atoms with Crippen molar-refractivity contribution in [1.29, 1.82) is 5.26 Å². The van der Waals surface area contributed by atoms with Crippen molar-refractivity contribution in [3.05, 3.63) is 47.3 Å². The number of pyridine rings is 1. The number of piperidine rings is 1. The number of hydrogen-bond donors (Lipinski definition) is 1. The fourth-order valence-corrected chi connectivity index (χ4v) is 4.07. The molecule has 0 saturated carbocycles. The van der Waals surface area contributed by atoms with Gasteiger partial charge in [0.1, 0.15) is 11.8 Å². The van der Waals surface area contributed by atoms with E-state index < -0.39 is 0 Å². The van der Waals surface area contributed by atoms with Gasteiger partial charge in [-0.1, -0.05) is 0 Å². The summed E-state index contributed by atoms with van der Waals surface area (Å²) in [5.74, 6) is 0.512. The van der Waals surface area contributed by atoms with Gasteiger partial charge < -0.3 is 9.88 Å². The Morgan fingerprint density at radius 3 is 2.88 bits per heavy atom. The molecule has 3 saturated heterocycles. The highest BCUT2D eigenvalue weighted by molar-refractivity contribution is 5.94. The van der Waals surface area contributed by atoms with E-state index in [0.717, 1.165) is 50.4 Å². The van der Waals surface area contributed by atoms with Gasteiger partial charge in [0.25, 0.3) is 5.91 Å². The lowest BCUT2D eigenvalue weighted by molar-refractivity contribution is 0.0584. The number of nitrogens with one attached hydrogen (secondary N) is 1. The zero-order valence-electron chi connectivity index (χ0n) is 14.9. The summed E-state index contributed by atoms with van der Waals surface area (Å²) >= 11 is 0. The van der Waals surface area contributed by atoms with Crippen molar-refractivity contribution in [2.45, 2.75) is 32.4 Å². The van der Waals surface area contributed by atoms with Gasteiger partial charge >= 0.3 is 0 Å². The minimum absolute atomic E-state index is 0.0227. The Kier molecular flexibility index (Phi) is 4.43. The highest BCUT2D eigenvalue weighted by Gasteiger charge is 2.37. The van der Waals surface area contributed by atoms with Gasteiger partial charge in [0, 0.05) is 44.1 Å². The first-order valence-corrected chi connectivity index (χ1v) is 9.02. The summed E-state index contributed by atoms with van der Waals surface area (Å²) in [4.78, 5) is 29.0. The Morgan fingerprint density at radius 1 is 1.31 bits per heavy atom. The third-order valence-corrected chi connectivity index (χ3v) is 5.48. The highest BCUT2D eigenvalue weighted by Crippen LogP contribution is 2.30. The maximum absolute atomic E-state index is 13.0. The van der Waals surface area contributed by atoms with Crippen LogP contribution in [0.15, 0.2) is 24.7 Å². The van der Waals surface area contributed by atoms with E-state index in [2.05, 4.69) is 19.9 Å². The molecule has 5 heterocycles. The Morgan fingerprint density at radius 2 is 2.19 bits per heavy atom. The lowest BCUT2D eigenvalue weighted by atomic mass is 9.94. The van der Waals surface area contributed by atoms with Gasteiger partial charge in [-0.2, -0.15) is 5.26 Å². The summed E-state index contributed by atoms with van der Waals surface area (Å²) in [5, 5.41) is 8.87. The molecule has 2 aromatic heterocycles. The lowest BCUT2D eigenvalue weighted by Crippen LogP contribution is -2.47. The number of aromatic amines is 1. The summed E-state index contributed by atoms with van der Waals surface area (Å²) < 4.78 is 0. The van der Waals surface area contributed by atoms with Gasteiger partial charge in [-0.25, -0.2) is 9.97 Å². The predicted molar refractivity (Wildman–Crippen MR) is 95.1 cm³/mol. The number of carbonyl (C=O) groups is 1. The van der Waals surface area contributed by atoms with Crippen LogP contribution in [-0.4, -0.2) is 56.3 Å². The maximum atomic E-state index is 13.0. The molecule has 2 aromatic rings. The molecule has 0 radical (unpaired) electrons. The Labute approximate surface area is 152 Å². The molecule has 7 heteroatoms. The number of H-pyrrole nitrogens is 1. The molecule has 0 aromatic carbocycles. The molecular weight excluding hydrogens is 328 g/mol. The van der Waals surface area contributed by atoms with Crippen LogP contribution in [0.3, 0.4) is 0 Å². The molecule has 0 aliphatic carbocycles. The Bertz CT molecular complexity index is 836. The summed E-state index contributed by atoms with van der Waals surface area (Å²) in [6, 6.07) is 5.52. The second kappa shape index (κ2) is 6.89. The van der Waals surface area contributed by atoms with E-state index in [4.69, 9.17) is 5.26 Å². The standard InChI is InChI=1S/C19H22N6O/c1-13-18(23-12-22-13)11-24-8-14-2-5-17(10-24)25(9-14)19(26)15-3-4-16(6-20)21-7-15/h3-4,7,12,14,17H,2,5,8-11H2,1H3,(H,22,23)/t14-,17+/m1/s1. The number of aryl methyl sites for hydroxylation is 1. The molecular formula is C19H22N6O. The SMILES string of the molecule is Cc1[nH]cnc1CN1C[C@H]2CC[C@@H](C1)N(C(=O)c1ccc(C#N)nc1)C2. The molecule has 1 amide bonds. The summed E-state index contributed by atoms with van der Waals surface area (Å²) in [6.45, 7) is 5.53. The number of nitriles is 1. The first kappa shape index (κ1) is 16.7. The normalized spacial score (nSPS) is 22.8. The van der Waals surface area contributed by atoms with E-state index in [1.54, 1.807) is 18.5 Å². The zero-order valence-corrected chi connectivity index (χ0v) is 14.9. The molecule has 3 aliphatic rings. The maximum Gasteiger partial charge on any atom is 0.255 e. The average Bonchev–Trinajstić information content (AvgIpc) is 2.88. The van der Waals surface area contributed by atoms with Gasteiger partial charge in [0.2, 0.25) is 0 Å². The molecule has 26 heavy (non-hydrogen) atoms.